The van der Waals surface area contributed by atoms with Crippen molar-refractivity contribution in [3.8, 4) is 11.3 Å². The van der Waals surface area contributed by atoms with Gasteiger partial charge in [-0.1, -0.05) is 49.6 Å². The molecule has 3 nitrogen and oxygen atoms in total. The maximum absolute atomic E-state index is 6.10. The van der Waals surface area contributed by atoms with E-state index in [9.17, 15) is 0 Å². The van der Waals surface area contributed by atoms with Gasteiger partial charge in [0.25, 0.3) is 0 Å². The molecule has 2 aromatic rings. The lowest BCUT2D eigenvalue weighted by atomic mass is 10.1. The average Bonchev–Trinajstić information content (AvgIpc) is 2.86. The third kappa shape index (κ3) is 2.99. The summed E-state index contributed by atoms with van der Waals surface area (Å²) in [4.78, 5) is 7.71. The number of imidazole rings is 1. The van der Waals surface area contributed by atoms with Crippen LogP contribution in [0.1, 0.15) is 43.6 Å². The summed E-state index contributed by atoms with van der Waals surface area (Å²) >= 11 is 0. The third-order valence-corrected chi connectivity index (χ3v) is 3.18. The summed E-state index contributed by atoms with van der Waals surface area (Å²) < 4.78 is 0. The van der Waals surface area contributed by atoms with Gasteiger partial charge in [-0.25, -0.2) is 4.98 Å². The number of aryl methyl sites for hydroxylation is 1. The Bertz CT molecular complexity index is 485. The topological polar surface area (TPSA) is 54.7 Å². The molecule has 3 N–H and O–H groups in total. The van der Waals surface area contributed by atoms with Crippen LogP contribution in [0.2, 0.25) is 0 Å². The Morgan fingerprint density at radius 1 is 1.28 bits per heavy atom. The number of nitrogens with one attached hydrogen (secondary N) is 1. The molecule has 0 aliphatic carbocycles. The first kappa shape index (κ1) is 12.8. The first-order valence-corrected chi connectivity index (χ1v) is 6.58. The predicted octanol–water partition coefficient (Wildman–Crippen LogP) is 3.58. The van der Waals surface area contributed by atoms with Crippen molar-refractivity contribution in [1.82, 2.24) is 9.97 Å². The van der Waals surface area contributed by atoms with Crippen molar-refractivity contribution in [3.63, 3.8) is 0 Å². The van der Waals surface area contributed by atoms with Crippen LogP contribution in [0.4, 0.5) is 0 Å². The zero-order valence-corrected chi connectivity index (χ0v) is 11.1. The SMILES string of the molecule is CCCCC(N)c1ncc(-c2ccc(C)cc2)[nH]1. The summed E-state index contributed by atoms with van der Waals surface area (Å²) in [6, 6.07) is 8.43. The molecule has 1 aromatic heterocycles. The van der Waals surface area contributed by atoms with Gasteiger partial charge < -0.3 is 10.7 Å². The highest BCUT2D eigenvalue weighted by Gasteiger charge is 2.10. The van der Waals surface area contributed by atoms with Gasteiger partial charge >= 0.3 is 0 Å². The van der Waals surface area contributed by atoms with Gasteiger partial charge in [-0.05, 0) is 18.9 Å². The molecule has 3 heteroatoms. The van der Waals surface area contributed by atoms with E-state index in [1.54, 1.807) is 0 Å². The molecule has 1 heterocycles. The number of nitrogens with zero attached hydrogens (tertiary/aromatic N) is 1. The van der Waals surface area contributed by atoms with E-state index < -0.39 is 0 Å². The molecule has 0 aliphatic rings. The van der Waals surface area contributed by atoms with E-state index in [4.69, 9.17) is 5.73 Å². The molecular weight excluding hydrogens is 222 g/mol. The quantitative estimate of drug-likeness (QED) is 0.843. The van der Waals surface area contributed by atoms with Crippen molar-refractivity contribution in [2.75, 3.05) is 0 Å². The van der Waals surface area contributed by atoms with Crippen molar-refractivity contribution in [3.05, 3.63) is 41.9 Å². The molecule has 1 atom stereocenters. The fraction of sp³-hybridized carbons (Fsp3) is 0.400. The highest BCUT2D eigenvalue weighted by Crippen LogP contribution is 2.20. The monoisotopic (exact) mass is 243 g/mol. The van der Waals surface area contributed by atoms with Crippen LogP contribution in [0, 0.1) is 6.92 Å². The van der Waals surface area contributed by atoms with E-state index in [1.807, 2.05) is 6.20 Å². The Hall–Kier alpha value is -1.61. The van der Waals surface area contributed by atoms with Gasteiger partial charge in [-0.3, -0.25) is 0 Å². The van der Waals surface area contributed by atoms with Crippen molar-refractivity contribution >= 4 is 0 Å². The molecule has 0 spiro atoms. The van der Waals surface area contributed by atoms with Gasteiger partial charge in [0.2, 0.25) is 0 Å². The summed E-state index contributed by atoms with van der Waals surface area (Å²) in [5.74, 6) is 0.888. The highest BCUT2D eigenvalue weighted by atomic mass is 15.0. The largest absolute Gasteiger partial charge is 0.341 e. The zero-order chi connectivity index (χ0) is 13.0. The molecule has 0 amide bonds. The molecule has 96 valence electrons. The molecule has 0 saturated carbocycles. The first-order chi connectivity index (χ1) is 8.70. The van der Waals surface area contributed by atoms with Crippen molar-refractivity contribution in [2.45, 2.75) is 39.2 Å². The standard InChI is InChI=1S/C15H21N3/c1-3-4-5-13(16)15-17-10-14(18-15)12-8-6-11(2)7-9-12/h6-10,13H,3-5,16H2,1-2H3,(H,17,18). The van der Waals surface area contributed by atoms with Crippen LogP contribution in [-0.4, -0.2) is 9.97 Å². The van der Waals surface area contributed by atoms with E-state index in [1.165, 1.54) is 12.0 Å². The van der Waals surface area contributed by atoms with Crippen LogP contribution in [0.5, 0.6) is 0 Å². The highest BCUT2D eigenvalue weighted by molar-refractivity contribution is 5.58. The molecule has 18 heavy (non-hydrogen) atoms. The molecule has 1 unspecified atom stereocenters. The summed E-state index contributed by atoms with van der Waals surface area (Å²) in [5, 5.41) is 0. The molecule has 0 saturated heterocycles. The fourth-order valence-electron chi connectivity index (χ4n) is 1.97. The fourth-order valence-corrected chi connectivity index (χ4v) is 1.97. The Balaban J connectivity index is 2.12. The zero-order valence-electron chi connectivity index (χ0n) is 11.1. The maximum atomic E-state index is 6.10. The van der Waals surface area contributed by atoms with E-state index >= 15 is 0 Å². The van der Waals surface area contributed by atoms with Gasteiger partial charge in [0.05, 0.1) is 17.9 Å². The molecule has 0 fully saturated rings. The van der Waals surface area contributed by atoms with Gasteiger partial charge in [0, 0.05) is 0 Å². The van der Waals surface area contributed by atoms with Crippen molar-refractivity contribution < 1.29 is 0 Å². The number of benzene rings is 1. The number of unbranched alkanes of at least 4 members (excludes halogenated alkanes) is 1. The van der Waals surface area contributed by atoms with Gasteiger partial charge in [-0.2, -0.15) is 0 Å². The normalized spacial score (nSPS) is 12.6. The van der Waals surface area contributed by atoms with Crippen molar-refractivity contribution in [1.29, 1.82) is 0 Å². The van der Waals surface area contributed by atoms with Crippen LogP contribution >= 0.6 is 0 Å². The first-order valence-electron chi connectivity index (χ1n) is 6.58. The molecule has 0 bridgehead atoms. The Morgan fingerprint density at radius 3 is 2.67 bits per heavy atom. The number of H-pyrrole nitrogens is 1. The van der Waals surface area contributed by atoms with Crippen LogP contribution in [0.15, 0.2) is 30.5 Å². The lowest BCUT2D eigenvalue weighted by Gasteiger charge is -2.07. The van der Waals surface area contributed by atoms with Gasteiger partial charge in [-0.15, -0.1) is 0 Å². The summed E-state index contributed by atoms with van der Waals surface area (Å²) in [6.45, 7) is 4.26. The van der Waals surface area contributed by atoms with Crippen LogP contribution < -0.4 is 5.73 Å². The van der Waals surface area contributed by atoms with Crippen LogP contribution in [0.3, 0.4) is 0 Å². The van der Waals surface area contributed by atoms with Crippen LogP contribution in [0.25, 0.3) is 11.3 Å². The molecule has 0 aliphatic heterocycles. The third-order valence-electron chi connectivity index (χ3n) is 3.18. The van der Waals surface area contributed by atoms with Gasteiger partial charge in [0.1, 0.15) is 5.82 Å². The smallest absolute Gasteiger partial charge is 0.123 e. The molecule has 0 radical (unpaired) electrons. The van der Waals surface area contributed by atoms with Crippen LogP contribution in [-0.2, 0) is 0 Å². The Labute approximate surface area is 108 Å². The lowest BCUT2D eigenvalue weighted by molar-refractivity contribution is 0.580. The number of hydrogen-bond donors (Lipinski definition) is 2. The van der Waals surface area contributed by atoms with E-state index in [0.717, 1.165) is 29.9 Å². The predicted molar refractivity (Wildman–Crippen MR) is 75.2 cm³/mol. The minimum absolute atomic E-state index is 0.0177. The average molecular weight is 243 g/mol. The van der Waals surface area contributed by atoms with Crippen molar-refractivity contribution in [2.24, 2.45) is 5.73 Å². The summed E-state index contributed by atoms with van der Waals surface area (Å²) in [6.07, 6.45) is 5.16. The second kappa shape index (κ2) is 5.83. The number of hydrogen-bond acceptors (Lipinski definition) is 2. The molecule has 2 rings (SSSR count). The Morgan fingerprint density at radius 2 is 2.00 bits per heavy atom. The molecule has 1 aromatic carbocycles. The number of aromatic amines is 1. The number of rotatable bonds is 5. The lowest BCUT2D eigenvalue weighted by Crippen LogP contribution is -2.11. The van der Waals surface area contributed by atoms with E-state index in [2.05, 4.69) is 48.1 Å². The second-order valence-corrected chi connectivity index (χ2v) is 4.80. The number of aromatic nitrogens is 2. The molecular formula is C15H21N3. The number of nitrogens with two attached hydrogens (primary N) is 1. The summed E-state index contributed by atoms with van der Waals surface area (Å²) in [5.41, 5.74) is 9.56. The summed E-state index contributed by atoms with van der Waals surface area (Å²) in [7, 11) is 0. The van der Waals surface area contributed by atoms with E-state index in [0.29, 0.717) is 0 Å². The van der Waals surface area contributed by atoms with E-state index in [-0.39, 0.29) is 6.04 Å². The minimum Gasteiger partial charge on any atom is -0.341 e. The maximum Gasteiger partial charge on any atom is 0.123 e. The Kier molecular flexibility index (Phi) is 4.15. The minimum atomic E-state index is 0.0177. The van der Waals surface area contributed by atoms with Gasteiger partial charge in [0.15, 0.2) is 0 Å². The second-order valence-electron chi connectivity index (χ2n) is 4.80.